The zero-order chi connectivity index (χ0) is 21.7. The van der Waals surface area contributed by atoms with Gasteiger partial charge in [0.1, 0.15) is 6.10 Å². The number of amides is 1. The van der Waals surface area contributed by atoms with Gasteiger partial charge in [-0.1, -0.05) is 17.7 Å². The van der Waals surface area contributed by atoms with Crippen molar-refractivity contribution in [2.24, 2.45) is 7.05 Å². The highest BCUT2D eigenvalue weighted by molar-refractivity contribution is 6.33. The lowest BCUT2D eigenvalue weighted by molar-refractivity contribution is 0.0349. The van der Waals surface area contributed by atoms with Crippen LogP contribution in [0.25, 0.3) is 11.3 Å². The topological polar surface area (TPSA) is 60.2 Å². The molecule has 1 amide bonds. The molecular weight excluding hydrogens is 412 g/mol. The van der Waals surface area contributed by atoms with Gasteiger partial charge in [-0.3, -0.25) is 14.5 Å². The molecule has 6 rings (SSSR count). The summed E-state index contributed by atoms with van der Waals surface area (Å²) in [7, 11) is 1.89. The molecule has 1 aromatic carbocycles. The van der Waals surface area contributed by atoms with Crippen LogP contribution in [0.4, 0.5) is 0 Å². The molecule has 3 aliphatic rings. The minimum absolute atomic E-state index is 0.00819. The number of pyridine rings is 1. The number of aromatic nitrogens is 3. The molecule has 0 saturated carbocycles. The van der Waals surface area contributed by atoms with Crippen molar-refractivity contribution in [3.05, 3.63) is 64.1 Å². The molecule has 0 radical (unpaired) electrons. The van der Waals surface area contributed by atoms with E-state index < -0.39 is 0 Å². The van der Waals surface area contributed by atoms with Crippen LogP contribution in [-0.4, -0.2) is 44.3 Å². The van der Waals surface area contributed by atoms with Crippen molar-refractivity contribution in [3.63, 3.8) is 0 Å². The number of rotatable bonds is 3. The number of benzene rings is 1. The van der Waals surface area contributed by atoms with Crippen LogP contribution in [0.2, 0.25) is 5.02 Å². The number of fused-ring (bicyclic) bond motifs is 2. The first kappa shape index (κ1) is 20.1. The van der Waals surface area contributed by atoms with Crippen LogP contribution in [-0.2, 0) is 13.5 Å². The Bertz CT molecular complexity index is 1160. The second-order valence-corrected chi connectivity index (χ2v) is 8.97. The lowest BCUT2D eigenvalue weighted by atomic mass is 9.93. The Balaban J connectivity index is 1.48. The molecule has 1 fully saturated rings. The summed E-state index contributed by atoms with van der Waals surface area (Å²) in [4.78, 5) is 19.8. The number of ether oxygens (including phenoxy) is 1. The van der Waals surface area contributed by atoms with E-state index in [4.69, 9.17) is 16.3 Å². The molecule has 0 unspecified atom stereocenters. The van der Waals surface area contributed by atoms with Gasteiger partial charge in [-0.25, -0.2) is 0 Å². The van der Waals surface area contributed by atoms with Crippen molar-refractivity contribution in [2.75, 3.05) is 6.54 Å². The third kappa shape index (κ3) is 3.59. The molecule has 2 bridgehead atoms. The average molecular weight is 437 g/mol. The first-order valence-electron chi connectivity index (χ1n) is 10.6. The maximum atomic E-state index is 13.3. The van der Waals surface area contributed by atoms with Gasteiger partial charge in [-0.2, -0.15) is 5.10 Å². The van der Waals surface area contributed by atoms with Crippen LogP contribution in [0.5, 0.6) is 5.75 Å². The fourth-order valence-electron chi connectivity index (χ4n) is 4.57. The number of carbonyl (C=O) groups is 1. The number of hydrogen-bond donors (Lipinski definition) is 0. The summed E-state index contributed by atoms with van der Waals surface area (Å²) in [5, 5.41) is 4.75. The highest BCUT2D eigenvalue weighted by atomic mass is 35.5. The summed E-state index contributed by atoms with van der Waals surface area (Å²) in [6.07, 6.45) is 8.06. The number of nitrogens with zero attached hydrogens (tertiary/aromatic N) is 4. The van der Waals surface area contributed by atoms with Crippen molar-refractivity contribution in [1.29, 1.82) is 0 Å². The van der Waals surface area contributed by atoms with Crippen molar-refractivity contribution in [3.8, 4) is 17.0 Å². The molecule has 6 nitrogen and oxygen atoms in total. The van der Waals surface area contributed by atoms with Gasteiger partial charge in [0.05, 0.1) is 22.5 Å². The summed E-state index contributed by atoms with van der Waals surface area (Å²) >= 11 is 6.73. The quantitative estimate of drug-likeness (QED) is 0.609. The second-order valence-electron chi connectivity index (χ2n) is 8.59. The van der Waals surface area contributed by atoms with Crippen LogP contribution in [0, 0.1) is 6.92 Å². The lowest BCUT2D eigenvalue weighted by Crippen LogP contribution is -2.49. The van der Waals surface area contributed by atoms with Crippen LogP contribution in [0.1, 0.15) is 46.8 Å². The average Bonchev–Trinajstić information content (AvgIpc) is 3.19. The largest absolute Gasteiger partial charge is 0.488 e. The van der Waals surface area contributed by atoms with Gasteiger partial charge in [0.25, 0.3) is 5.91 Å². The number of aryl methyl sites for hydroxylation is 1. The minimum Gasteiger partial charge on any atom is -0.488 e. The van der Waals surface area contributed by atoms with E-state index in [0.717, 1.165) is 47.3 Å². The van der Waals surface area contributed by atoms with E-state index in [1.54, 1.807) is 10.9 Å². The SMILES string of the molecule is Cc1c(Cc2ccc(-c3cnn(C)c3)nc2)cc2c(c1Cl)O[C@@H]1CCN(C2=O)[C@@H](C)C1. The van der Waals surface area contributed by atoms with Gasteiger partial charge in [-0.15, -0.1) is 0 Å². The summed E-state index contributed by atoms with van der Waals surface area (Å²) in [5.41, 5.74) is 5.45. The Hall–Kier alpha value is -2.86. The maximum Gasteiger partial charge on any atom is 0.257 e. The number of carbonyl (C=O) groups excluding carboxylic acids is 1. The van der Waals surface area contributed by atoms with Crippen LogP contribution < -0.4 is 4.74 Å². The van der Waals surface area contributed by atoms with Gasteiger partial charge >= 0.3 is 0 Å². The van der Waals surface area contributed by atoms with Crippen LogP contribution in [0.3, 0.4) is 0 Å². The van der Waals surface area contributed by atoms with E-state index in [2.05, 4.69) is 23.1 Å². The molecule has 3 aromatic rings. The van der Waals surface area contributed by atoms with Crippen molar-refractivity contribution < 1.29 is 9.53 Å². The van der Waals surface area contributed by atoms with E-state index in [1.165, 1.54) is 0 Å². The molecule has 31 heavy (non-hydrogen) atoms. The van der Waals surface area contributed by atoms with Gasteiger partial charge in [0.15, 0.2) is 5.75 Å². The van der Waals surface area contributed by atoms with E-state index in [0.29, 0.717) is 22.8 Å². The molecule has 0 spiro atoms. The lowest BCUT2D eigenvalue weighted by Gasteiger charge is -2.41. The summed E-state index contributed by atoms with van der Waals surface area (Å²) in [5.74, 6) is 0.549. The van der Waals surface area contributed by atoms with E-state index >= 15 is 0 Å². The summed E-state index contributed by atoms with van der Waals surface area (Å²) in [6, 6.07) is 6.19. The molecular formula is C24H25ClN4O2. The van der Waals surface area contributed by atoms with Gasteiger partial charge in [-0.05, 0) is 49.1 Å². The van der Waals surface area contributed by atoms with Gasteiger partial charge in [0.2, 0.25) is 0 Å². The molecule has 160 valence electrons. The predicted molar refractivity (Wildman–Crippen MR) is 120 cm³/mol. The maximum absolute atomic E-state index is 13.3. The molecule has 7 heteroatoms. The van der Waals surface area contributed by atoms with E-state index in [-0.39, 0.29) is 18.1 Å². The second kappa shape index (κ2) is 7.68. The Kier molecular flexibility index (Phi) is 4.97. The Morgan fingerprint density at radius 3 is 2.81 bits per heavy atom. The standard InChI is InChI=1S/C24H25ClN4O2/c1-14-8-19-6-7-29(14)24(30)20-10-17(15(2)22(25)23(20)31-19)9-16-4-5-21(26-11-16)18-12-27-28(3)13-18/h4-5,10-14,19H,6-9H2,1-3H3/t14-,19+/m0/s1. The zero-order valence-electron chi connectivity index (χ0n) is 17.9. The number of hydrogen-bond acceptors (Lipinski definition) is 4. The first-order valence-corrected chi connectivity index (χ1v) is 11.0. The molecule has 2 atom stereocenters. The monoisotopic (exact) mass is 436 g/mol. The zero-order valence-corrected chi connectivity index (χ0v) is 18.7. The van der Waals surface area contributed by atoms with E-state index in [1.807, 2.05) is 43.4 Å². The predicted octanol–water partition coefficient (Wildman–Crippen LogP) is 4.42. The van der Waals surface area contributed by atoms with Crippen LogP contribution >= 0.6 is 11.6 Å². The Labute approximate surface area is 186 Å². The minimum atomic E-state index is 0.00819. The normalized spacial score (nSPS) is 20.3. The molecule has 3 aliphatic heterocycles. The third-order valence-corrected chi connectivity index (χ3v) is 6.85. The molecule has 1 saturated heterocycles. The Morgan fingerprint density at radius 1 is 1.29 bits per heavy atom. The smallest absolute Gasteiger partial charge is 0.257 e. The van der Waals surface area contributed by atoms with Gasteiger partial charge < -0.3 is 9.64 Å². The number of piperidine rings is 1. The van der Waals surface area contributed by atoms with Crippen LogP contribution in [0.15, 0.2) is 36.8 Å². The molecule has 0 N–H and O–H groups in total. The van der Waals surface area contributed by atoms with Crippen molar-refractivity contribution in [2.45, 2.75) is 45.3 Å². The number of halogens is 1. The fourth-order valence-corrected chi connectivity index (χ4v) is 4.84. The highest BCUT2D eigenvalue weighted by Crippen LogP contribution is 2.40. The molecule has 5 heterocycles. The van der Waals surface area contributed by atoms with Crippen molar-refractivity contribution >= 4 is 17.5 Å². The highest BCUT2D eigenvalue weighted by Gasteiger charge is 2.36. The Morgan fingerprint density at radius 2 is 2.13 bits per heavy atom. The first-order chi connectivity index (χ1) is 14.9. The van der Waals surface area contributed by atoms with E-state index in [9.17, 15) is 4.79 Å². The van der Waals surface area contributed by atoms with Crippen molar-refractivity contribution in [1.82, 2.24) is 19.7 Å². The fraction of sp³-hybridized carbons (Fsp3) is 0.375. The summed E-state index contributed by atoms with van der Waals surface area (Å²) < 4.78 is 8.01. The van der Waals surface area contributed by atoms with Gasteiger partial charge in [0, 0.05) is 50.4 Å². The third-order valence-electron chi connectivity index (χ3n) is 6.40. The molecule has 2 aromatic heterocycles. The summed E-state index contributed by atoms with van der Waals surface area (Å²) in [6.45, 7) is 4.80. The molecule has 0 aliphatic carbocycles.